The number of alkyl halides is 3. The van der Waals surface area contributed by atoms with E-state index in [9.17, 15) is 27.1 Å². The van der Waals surface area contributed by atoms with Crippen molar-refractivity contribution in [3.63, 3.8) is 0 Å². The molecule has 1 aromatic heterocycles. The van der Waals surface area contributed by atoms with E-state index in [1.54, 1.807) is 6.92 Å². The maximum atomic E-state index is 14.8. The van der Waals surface area contributed by atoms with Gasteiger partial charge in [0.2, 0.25) is 0 Å². The van der Waals surface area contributed by atoms with E-state index < -0.39 is 35.0 Å². The van der Waals surface area contributed by atoms with Gasteiger partial charge in [0.05, 0.1) is 12.1 Å². The van der Waals surface area contributed by atoms with Crippen LogP contribution in [0.5, 0.6) is 0 Å². The summed E-state index contributed by atoms with van der Waals surface area (Å²) in [6.07, 6.45) is -0.371. The molecule has 1 aliphatic rings. The second-order valence-corrected chi connectivity index (χ2v) is 9.34. The van der Waals surface area contributed by atoms with Crippen LogP contribution in [-0.4, -0.2) is 44.5 Å². The lowest BCUT2D eigenvalue weighted by Gasteiger charge is -2.43. The molecule has 0 spiro atoms. The molecule has 11 heteroatoms. The van der Waals surface area contributed by atoms with Crippen LogP contribution in [0.3, 0.4) is 0 Å². The summed E-state index contributed by atoms with van der Waals surface area (Å²) in [6.45, 7) is 4.19. The van der Waals surface area contributed by atoms with Gasteiger partial charge in [-0.25, -0.2) is 18.4 Å². The number of halogens is 5. The molecule has 36 heavy (non-hydrogen) atoms. The van der Waals surface area contributed by atoms with Crippen LogP contribution in [0.15, 0.2) is 55.1 Å². The maximum Gasteiger partial charge on any atom is 0.416 e. The molecular weight excluding hydrogens is 481 g/mol. The maximum absolute atomic E-state index is 14.8. The van der Waals surface area contributed by atoms with Crippen LogP contribution in [-0.2, 0) is 18.3 Å². The zero-order valence-corrected chi connectivity index (χ0v) is 19.9. The van der Waals surface area contributed by atoms with Crippen molar-refractivity contribution < 1.29 is 27.1 Å². The van der Waals surface area contributed by atoms with Gasteiger partial charge in [0.15, 0.2) is 0 Å². The predicted molar refractivity (Wildman–Crippen MR) is 124 cm³/mol. The van der Waals surface area contributed by atoms with E-state index in [4.69, 9.17) is 0 Å². The largest absolute Gasteiger partial charge is 0.416 e. The SMILES string of the molecule is CC1CC(N[C@H](C)[C@](O)(Cn2cncn2)c2ccc(F)cc2F)CCN1c1ccc(C(F)(F)F)cc1. The molecule has 2 heterocycles. The second kappa shape index (κ2) is 10.1. The Morgan fingerprint density at radius 1 is 1.14 bits per heavy atom. The van der Waals surface area contributed by atoms with Crippen molar-refractivity contribution >= 4 is 5.69 Å². The standard InChI is InChI=1S/C25H28F5N5O/c1-16-11-20(9-10-35(16)21-6-3-18(4-7-21)25(28,29)30)33-17(2)24(36,13-34-15-31-14-32-34)22-8-5-19(26)12-23(22)27/h3-8,12,14-17,20,33,36H,9-11,13H2,1-2H3/t16?,17-,20?,24-/m1/s1. The van der Waals surface area contributed by atoms with Gasteiger partial charge in [0.1, 0.15) is 29.9 Å². The van der Waals surface area contributed by atoms with E-state index in [2.05, 4.69) is 15.4 Å². The monoisotopic (exact) mass is 509 g/mol. The molecule has 6 nitrogen and oxygen atoms in total. The molecule has 0 aliphatic carbocycles. The molecule has 0 amide bonds. The number of piperidine rings is 1. The highest BCUT2D eigenvalue weighted by Crippen LogP contribution is 2.34. The average Bonchev–Trinajstić information content (AvgIpc) is 3.31. The first-order valence-corrected chi connectivity index (χ1v) is 11.7. The van der Waals surface area contributed by atoms with E-state index >= 15 is 0 Å². The molecule has 1 fully saturated rings. The van der Waals surface area contributed by atoms with E-state index in [0.29, 0.717) is 25.1 Å². The summed E-state index contributed by atoms with van der Waals surface area (Å²) in [5.41, 5.74) is -1.81. The molecule has 2 aromatic carbocycles. The molecule has 1 saturated heterocycles. The van der Waals surface area contributed by atoms with Crippen molar-refractivity contribution in [2.75, 3.05) is 11.4 Å². The molecule has 2 N–H and O–H groups in total. The minimum Gasteiger partial charge on any atom is -0.381 e. The van der Waals surface area contributed by atoms with Gasteiger partial charge in [-0.15, -0.1) is 0 Å². The lowest BCUT2D eigenvalue weighted by molar-refractivity contribution is -0.137. The number of anilines is 1. The molecule has 4 rings (SSSR count). The fourth-order valence-electron chi connectivity index (χ4n) is 4.90. The van der Waals surface area contributed by atoms with Crippen LogP contribution in [0.1, 0.15) is 37.8 Å². The Balaban J connectivity index is 1.48. The molecule has 0 radical (unpaired) electrons. The minimum absolute atomic E-state index is 0.00570. The van der Waals surface area contributed by atoms with Crippen LogP contribution in [0.2, 0.25) is 0 Å². The van der Waals surface area contributed by atoms with Crippen molar-refractivity contribution in [1.29, 1.82) is 0 Å². The van der Waals surface area contributed by atoms with Crippen molar-refractivity contribution in [2.45, 2.75) is 63.1 Å². The Kier molecular flexibility index (Phi) is 7.33. The molecule has 4 atom stereocenters. The van der Waals surface area contributed by atoms with E-state index in [0.717, 1.165) is 24.3 Å². The Morgan fingerprint density at radius 2 is 1.86 bits per heavy atom. The number of nitrogens with zero attached hydrogens (tertiary/aromatic N) is 4. The Labute approximate surface area is 205 Å². The number of aromatic nitrogens is 3. The highest BCUT2D eigenvalue weighted by Gasteiger charge is 2.41. The second-order valence-electron chi connectivity index (χ2n) is 9.34. The van der Waals surface area contributed by atoms with Gasteiger partial charge < -0.3 is 15.3 Å². The van der Waals surface area contributed by atoms with E-state index in [1.165, 1.54) is 35.5 Å². The van der Waals surface area contributed by atoms with Crippen LogP contribution in [0, 0.1) is 11.6 Å². The van der Waals surface area contributed by atoms with Gasteiger partial charge in [0.25, 0.3) is 0 Å². The summed E-state index contributed by atoms with van der Waals surface area (Å²) in [5, 5.41) is 19.1. The number of aliphatic hydroxyl groups is 1. The van der Waals surface area contributed by atoms with Gasteiger partial charge >= 0.3 is 6.18 Å². The summed E-state index contributed by atoms with van der Waals surface area (Å²) in [7, 11) is 0. The lowest BCUT2D eigenvalue weighted by Crippen LogP contribution is -2.56. The van der Waals surface area contributed by atoms with Crippen LogP contribution < -0.4 is 10.2 Å². The average molecular weight is 510 g/mol. The van der Waals surface area contributed by atoms with Gasteiger partial charge in [-0.3, -0.25) is 0 Å². The molecule has 1 aliphatic heterocycles. The molecule has 0 bridgehead atoms. The zero-order valence-electron chi connectivity index (χ0n) is 19.9. The highest BCUT2D eigenvalue weighted by atomic mass is 19.4. The minimum atomic E-state index is -4.38. The first-order chi connectivity index (χ1) is 17.0. The van der Waals surface area contributed by atoms with Crippen molar-refractivity contribution in [3.05, 3.63) is 77.9 Å². The first-order valence-electron chi connectivity index (χ1n) is 11.7. The van der Waals surface area contributed by atoms with Crippen molar-refractivity contribution in [1.82, 2.24) is 20.1 Å². The zero-order chi connectivity index (χ0) is 26.1. The van der Waals surface area contributed by atoms with Crippen molar-refractivity contribution in [3.8, 4) is 0 Å². The number of nitrogens with one attached hydrogen (secondary N) is 1. The molecular formula is C25H28F5N5O. The normalized spacial score (nSPS) is 21.3. The summed E-state index contributed by atoms with van der Waals surface area (Å²) in [5.74, 6) is -1.61. The van der Waals surface area contributed by atoms with Crippen LogP contribution >= 0.6 is 0 Å². The van der Waals surface area contributed by atoms with Gasteiger partial charge in [-0.1, -0.05) is 6.07 Å². The highest BCUT2D eigenvalue weighted by molar-refractivity contribution is 5.49. The summed E-state index contributed by atoms with van der Waals surface area (Å²) >= 11 is 0. The molecule has 194 valence electrons. The number of benzene rings is 2. The lowest BCUT2D eigenvalue weighted by atomic mass is 9.85. The van der Waals surface area contributed by atoms with E-state index in [-0.39, 0.29) is 24.2 Å². The van der Waals surface area contributed by atoms with E-state index in [1.807, 2.05) is 11.8 Å². The van der Waals surface area contributed by atoms with Gasteiger partial charge in [0, 0.05) is 42.0 Å². The van der Waals surface area contributed by atoms with Gasteiger partial charge in [-0.05, 0) is 57.0 Å². The van der Waals surface area contributed by atoms with Gasteiger partial charge in [-0.2, -0.15) is 18.3 Å². The third-order valence-corrected chi connectivity index (χ3v) is 6.87. The fourth-order valence-corrected chi connectivity index (χ4v) is 4.90. The Morgan fingerprint density at radius 3 is 2.44 bits per heavy atom. The van der Waals surface area contributed by atoms with Crippen LogP contribution in [0.25, 0.3) is 0 Å². The summed E-state index contributed by atoms with van der Waals surface area (Å²) < 4.78 is 68.4. The molecule has 2 unspecified atom stereocenters. The van der Waals surface area contributed by atoms with Crippen molar-refractivity contribution in [2.24, 2.45) is 0 Å². The molecule has 0 saturated carbocycles. The molecule has 3 aromatic rings. The third kappa shape index (κ3) is 5.52. The Hall–Kier alpha value is -3.05. The predicted octanol–water partition coefficient (Wildman–Crippen LogP) is 4.50. The summed E-state index contributed by atoms with van der Waals surface area (Å²) in [6, 6.07) is 7.48. The fraction of sp³-hybridized carbons (Fsp3) is 0.440. The third-order valence-electron chi connectivity index (χ3n) is 6.87. The topological polar surface area (TPSA) is 66.2 Å². The number of rotatable bonds is 7. The Bertz CT molecular complexity index is 1150. The first kappa shape index (κ1) is 26.0. The summed E-state index contributed by atoms with van der Waals surface area (Å²) in [4.78, 5) is 5.92. The smallest absolute Gasteiger partial charge is 0.381 e. The van der Waals surface area contributed by atoms with Crippen LogP contribution in [0.4, 0.5) is 27.6 Å². The number of hydrogen-bond donors (Lipinski definition) is 2. The quantitative estimate of drug-likeness (QED) is 0.460. The number of hydrogen-bond acceptors (Lipinski definition) is 5.